The first-order valence-electron chi connectivity index (χ1n) is 6.39. The monoisotopic (exact) mass is 304 g/mol. The number of hydrogen-bond acceptors (Lipinski definition) is 5. The SMILES string of the molecule is O=C(O)CCSCc1nnnn1C1CCCCC1Cl. The van der Waals surface area contributed by atoms with Gasteiger partial charge in [0.15, 0.2) is 5.82 Å². The predicted octanol–water partition coefficient (Wildman–Crippen LogP) is 2.10. The maximum atomic E-state index is 10.4. The van der Waals surface area contributed by atoms with Crippen molar-refractivity contribution in [3.63, 3.8) is 0 Å². The molecular weight excluding hydrogens is 288 g/mol. The Kier molecular flexibility index (Phi) is 5.45. The number of carbonyl (C=O) groups is 1. The zero-order valence-corrected chi connectivity index (χ0v) is 12.1. The van der Waals surface area contributed by atoms with Crippen LogP contribution in [0.1, 0.15) is 44.0 Å². The molecule has 1 heterocycles. The highest BCUT2D eigenvalue weighted by Gasteiger charge is 2.27. The van der Waals surface area contributed by atoms with Crippen molar-refractivity contribution in [2.75, 3.05) is 5.75 Å². The number of carboxylic acids is 1. The lowest BCUT2D eigenvalue weighted by Gasteiger charge is -2.27. The molecule has 1 N–H and O–H groups in total. The topological polar surface area (TPSA) is 80.9 Å². The molecule has 2 unspecified atom stereocenters. The smallest absolute Gasteiger partial charge is 0.304 e. The maximum Gasteiger partial charge on any atom is 0.304 e. The van der Waals surface area contributed by atoms with Crippen molar-refractivity contribution < 1.29 is 9.90 Å². The molecule has 1 aliphatic rings. The molecule has 19 heavy (non-hydrogen) atoms. The number of thioether (sulfide) groups is 1. The van der Waals surface area contributed by atoms with Crippen LogP contribution < -0.4 is 0 Å². The Morgan fingerprint density at radius 3 is 3.00 bits per heavy atom. The fourth-order valence-corrected chi connectivity index (χ4v) is 3.45. The first-order chi connectivity index (χ1) is 9.18. The van der Waals surface area contributed by atoms with Crippen LogP contribution in [-0.4, -0.2) is 42.4 Å². The lowest BCUT2D eigenvalue weighted by atomic mass is 9.95. The molecular formula is C11H17ClN4O2S. The molecule has 1 saturated carbocycles. The number of hydrogen-bond donors (Lipinski definition) is 1. The van der Waals surface area contributed by atoms with E-state index in [1.165, 1.54) is 11.8 Å². The summed E-state index contributed by atoms with van der Waals surface area (Å²) < 4.78 is 1.82. The molecule has 1 fully saturated rings. The molecule has 2 atom stereocenters. The first-order valence-corrected chi connectivity index (χ1v) is 7.98. The van der Waals surface area contributed by atoms with E-state index in [1.807, 2.05) is 4.68 Å². The molecule has 106 valence electrons. The highest BCUT2D eigenvalue weighted by atomic mass is 35.5. The number of nitrogens with zero attached hydrogens (tertiary/aromatic N) is 4. The molecule has 1 aliphatic carbocycles. The van der Waals surface area contributed by atoms with Gasteiger partial charge in [-0.25, -0.2) is 4.68 Å². The zero-order chi connectivity index (χ0) is 13.7. The molecule has 1 aromatic heterocycles. The Hall–Kier alpha value is -0.820. The average molecular weight is 305 g/mol. The van der Waals surface area contributed by atoms with Crippen LogP contribution in [0, 0.1) is 0 Å². The highest BCUT2D eigenvalue weighted by molar-refractivity contribution is 7.98. The fraction of sp³-hybridized carbons (Fsp3) is 0.818. The Labute approximate surface area is 120 Å². The Bertz CT molecular complexity index is 429. The predicted molar refractivity (Wildman–Crippen MR) is 73.4 cm³/mol. The standard InChI is InChI=1S/C11H17ClN4O2S/c12-8-3-1-2-4-9(8)16-10(13-14-15-16)7-19-6-5-11(17)18/h8-9H,1-7H2,(H,17,18). The summed E-state index contributed by atoms with van der Waals surface area (Å²) >= 11 is 7.88. The summed E-state index contributed by atoms with van der Waals surface area (Å²) in [6.07, 6.45) is 4.48. The van der Waals surface area contributed by atoms with Gasteiger partial charge in [-0.15, -0.1) is 16.7 Å². The van der Waals surface area contributed by atoms with Gasteiger partial charge in [0.25, 0.3) is 0 Å². The Morgan fingerprint density at radius 1 is 1.47 bits per heavy atom. The lowest BCUT2D eigenvalue weighted by molar-refractivity contribution is -0.136. The van der Waals surface area contributed by atoms with Crippen LogP contribution in [0.25, 0.3) is 0 Å². The van der Waals surface area contributed by atoms with Gasteiger partial charge in [0.05, 0.1) is 23.6 Å². The van der Waals surface area contributed by atoms with E-state index in [4.69, 9.17) is 16.7 Å². The molecule has 8 heteroatoms. The lowest BCUT2D eigenvalue weighted by Crippen LogP contribution is -2.26. The third-order valence-corrected chi connectivity index (χ3v) is 4.68. The summed E-state index contributed by atoms with van der Waals surface area (Å²) in [7, 11) is 0. The van der Waals surface area contributed by atoms with E-state index in [9.17, 15) is 4.79 Å². The van der Waals surface area contributed by atoms with E-state index in [1.54, 1.807) is 0 Å². The van der Waals surface area contributed by atoms with E-state index in [0.717, 1.165) is 31.5 Å². The largest absolute Gasteiger partial charge is 0.481 e. The highest BCUT2D eigenvalue weighted by Crippen LogP contribution is 2.32. The minimum atomic E-state index is -0.778. The number of aliphatic carboxylic acids is 1. The Balaban J connectivity index is 1.91. The van der Waals surface area contributed by atoms with Crippen molar-refractivity contribution in [3.8, 4) is 0 Å². The molecule has 2 rings (SSSR count). The molecule has 0 radical (unpaired) electrons. The van der Waals surface area contributed by atoms with E-state index in [-0.39, 0.29) is 17.8 Å². The second kappa shape index (κ2) is 7.09. The van der Waals surface area contributed by atoms with Crippen LogP contribution in [0.5, 0.6) is 0 Å². The molecule has 1 aromatic rings. The minimum absolute atomic E-state index is 0.0834. The maximum absolute atomic E-state index is 10.4. The molecule has 6 nitrogen and oxygen atoms in total. The number of alkyl halides is 1. The molecule has 0 saturated heterocycles. The molecule has 0 aliphatic heterocycles. The van der Waals surface area contributed by atoms with E-state index >= 15 is 0 Å². The molecule has 0 bridgehead atoms. The van der Waals surface area contributed by atoms with Gasteiger partial charge in [0.2, 0.25) is 0 Å². The zero-order valence-electron chi connectivity index (χ0n) is 10.5. The number of carboxylic acid groups (broad SMARTS) is 1. The van der Waals surface area contributed by atoms with Crippen molar-refractivity contribution in [1.82, 2.24) is 20.2 Å². The van der Waals surface area contributed by atoms with E-state index < -0.39 is 5.97 Å². The Morgan fingerprint density at radius 2 is 2.26 bits per heavy atom. The van der Waals surface area contributed by atoms with Crippen LogP contribution >= 0.6 is 23.4 Å². The average Bonchev–Trinajstić information content (AvgIpc) is 2.83. The quantitative estimate of drug-likeness (QED) is 0.640. The van der Waals surface area contributed by atoms with Gasteiger partial charge >= 0.3 is 5.97 Å². The van der Waals surface area contributed by atoms with Crippen LogP contribution in [0.15, 0.2) is 0 Å². The van der Waals surface area contributed by atoms with Gasteiger partial charge in [-0.1, -0.05) is 12.8 Å². The van der Waals surface area contributed by atoms with Gasteiger partial charge in [0, 0.05) is 5.75 Å². The van der Waals surface area contributed by atoms with Gasteiger partial charge in [-0.05, 0) is 23.3 Å². The van der Waals surface area contributed by atoms with Crippen LogP contribution in [0.4, 0.5) is 0 Å². The van der Waals surface area contributed by atoms with Gasteiger partial charge in [-0.2, -0.15) is 11.8 Å². The first kappa shape index (κ1) is 14.6. The van der Waals surface area contributed by atoms with Crippen LogP contribution in [-0.2, 0) is 10.5 Å². The van der Waals surface area contributed by atoms with Crippen molar-refractivity contribution in [1.29, 1.82) is 0 Å². The number of halogens is 1. The normalized spacial score (nSPS) is 23.4. The summed E-state index contributed by atoms with van der Waals surface area (Å²) in [4.78, 5) is 10.4. The third kappa shape index (κ3) is 4.07. The van der Waals surface area contributed by atoms with Crippen LogP contribution in [0.2, 0.25) is 0 Å². The van der Waals surface area contributed by atoms with Crippen molar-refractivity contribution in [3.05, 3.63) is 5.82 Å². The summed E-state index contributed by atoms with van der Waals surface area (Å²) in [6.45, 7) is 0. The number of aromatic nitrogens is 4. The molecule has 0 spiro atoms. The van der Waals surface area contributed by atoms with Crippen LogP contribution in [0.3, 0.4) is 0 Å². The summed E-state index contributed by atoms with van der Waals surface area (Å²) in [6, 6.07) is 0.167. The fourth-order valence-electron chi connectivity index (χ4n) is 2.23. The van der Waals surface area contributed by atoms with E-state index in [0.29, 0.717) is 11.5 Å². The van der Waals surface area contributed by atoms with Crippen molar-refractivity contribution in [2.24, 2.45) is 0 Å². The second-order valence-electron chi connectivity index (χ2n) is 4.60. The van der Waals surface area contributed by atoms with Gasteiger partial charge < -0.3 is 5.11 Å². The third-order valence-electron chi connectivity index (χ3n) is 3.21. The summed E-state index contributed by atoms with van der Waals surface area (Å²) in [5.74, 6) is 1.20. The van der Waals surface area contributed by atoms with Crippen molar-refractivity contribution in [2.45, 2.75) is 49.3 Å². The second-order valence-corrected chi connectivity index (χ2v) is 6.27. The number of rotatable bonds is 6. The summed E-state index contributed by atoms with van der Waals surface area (Å²) in [5, 5.41) is 20.5. The van der Waals surface area contributed by atoms with E-state index in [2.05, 4.69) is 15.5 Å². The molecule has 0 amide bonds. The summed E-state index contributed by atoms with van der Waals surface area (Å²) in [5.41, 5.74) is 0. The minimum Gasteiger partial charge on any atom is -0.481 e. The van der Waals surface area contributed by atoms with Gasteiger partial charge in [-0.3, -0.25) is 4.79 Å². The number of tetrazole rings is 1. The van der Waals surface area contributed by atoms with Gasteiger partial charge in [0.1, 0.15) is 0 Å². The molecule has 0 aromatic carbocycles. The van der Waals surface area contributed by atoms with Crippen molar-refractivity contribution >= 4 is 29.3 Å².